The molecule has 0 aliphatic carbocycles. The van der Waals surface area contributed by atoms with Gasteiger partial charge in [0.25, 0.3) is 11.8 Å². The quantitative estimate of drug-likeness (QED) is 0.791. The second kappa shape index (κ2) is 9.37. The maximum atomic E-state index is 12.8. The van der Waals surface area contributed by atoms with Gasteiger partial charge in [-0.15, -0.1) is 0 Å². The van der Waals surface area contributed by atoms with Crippen molar-refractivity contribution in [3.05, 3.63) is 70.8 Å². The van der Waals surface area contributed by atoms with E-state index in [1.807, 2.05) is 31.2 Å². The highest BCUT2D eigenvalue weighted by atomic mass is 16.5. The number of carbonyl (C=O) groups excluding carboxylic acids is 3. The van der Waals surface area contributed by atoms with Crippen molar-refractivity contribution in [2.75, 3.05) is 20.2 Å². The Morgan fingerprint density at radius 1 is 1.10 bits per heavy atom. The number of carbonyl (C=O) groups is 3. The third kappa shape index (κ3) is 5.22. The van der Waals surface area contributed by atoms with Crippen molar-refractivity contribution in [3.63, 3.8) is 0 Å². The number of hydrogen-bond acceptors (Lipinski definition) is 4. The molecule has 6 heteroatoms. The molecule has 1 fully saturated rings. The van der Waals surface area contributed by atoms with Crippen molar-refractivity contribution in [2.45, 2.75) is 26.3 Å². The molecule has 1 aliphatic heterocycles. The first kappa shape index (κ1) is 20.6. The summed E-state index contributed by atoms with van der Waals surface area (Å²) in [5.74, 6) is -0.868. The van der Waals surface area contributed by atoms with E-state index in [0.29, 0.717) is 30.8 Å². The summed E-state index contributed by atoms with van der Waals surface area (Å²) in [5, 5.41) is 2.89. The van der Waals surface area contributed by atoms with Gasteiger partial charge in [-0.05, 0) is 49.6 Å². The van der Waals surface area contributed by atoms with Crippen LogP contribution in [0.4, 0.5) is 0 Å². The minimum Gasteiger partial charge on any atom is -0.469 e. The molecular formula is C23H26N2O4. The molecule has 2 aromatic carbocycles. The molecule has 0 bridgehead atoms. The summed E-state index contributed by atoms with van der Waals surface area (Å²) in [5.41, 5.74) is 3.19. The fourth-order valence-electron chi connectivity index (χ4n) is 3.57. The Balaban J connectivity index is 1.59. The van der Waals surface area contributed by atoms with Gasteiger partial charge < -0.3 is 15.0 Å². The summed E-state index contributed by atoms with van der Waals surface area (Å²) in [6.07, 6.45) is 1.50. The summed E-state index contributed by atoms with van der Waals surface area (Å²) in [4.78, 5) is 38.6. The number of esters is 1. The minimum absolute atomic E-state index is 0.134. The van der Waals surface area contributed by atoms with Crippen LogP contribution < -0.4 is 5.32 Å². The van der Waals surface area contributed by atoms with E-state index in [1.165, 1.54) is 7.11 Å². The first-order chi connectivity index (χ1) is 14.0. The Hall–Kier alpha value is -3.15. The second-order valence-electron chi connectivity index (χ2n) is 7.36. The molecule has 2 aromatic rings. The third-order valence-corrected chi connectivity index (χ3v) is 5.17. The molecule has 2 amide bonds. The van der Waals surface area contributed by atoms with Crippen LogP contribution in [0.2, 0.25) is 0 Å². The van der Waals surface area contributed by atoms with Gasteiger partial charge >= 0.3 is 5.97 Å². The number of nitrogens with zero attached hydrogens (tertiary/aromatic N) is 1. The van der Waals surface area contributed by atoms with E-state index in [-0.39, 0.29) is 23.7 Å². The first-order valence-corrected chi connectivity index (χ1v) is 9.79. The van der Waals surface area contributed by atoms with Crippen LogP contribution in [0.1, 0.15) is 44.7 Å². The zero-order valence-electron chi connectivity index (χ0n) is 16.8. The van der Waals surface area contributed by atoms with Crippen LogP contribution in [0.25, 0.3) is 0 Å². The molecule has 3 rings (SSSR count). The zero-order chi connectivity index (χ0) is 20.8. The predicted molar refractivity (Wildman–Crippen MR) is 109 cm³/mol. The Morgan fingerprint density at radius 3 is 2.52 bits per heavy atom. The highest BCUT2D eigenvalue weighted by molar-refractivity contribution is 5.98. The van der Waals surface area contributed by atoms with Crippen LogP contribution in [-0.2, 0) is 16.1 Å². The summed E-state index contributed by atoms with van der Waals surface area (Å²) < 4.78 is 4.81. The Kier molecular flexibility index (Phi) is 6.65. The largest absolute Gasteiger partial charge is 0.469 e. The smallest absolute Gasteiger partial charge is 0.310 e. The second-order valence-corrected chi connectivity index (χ2v) is 7.36. The topological polar surface area (TPSA) is 75.7 Å². The number of nitrogens with one attached hydrogen (secondary N) is 1. The first-order valence-electron chi connectivity index (χ1n) is 9.79. The van der Waals surface area contributed by atoms with Crippen molar-refractivity contribution in [1.82, 2.24) is 10.2 Å². The lowest BCUT2D eigenvalue weighted by Gasteiger charge is -2.31. The highest BCUT2D eigenvalue weighted by Crippen LogP contribution is 2.20. The number of likely N-dealkylation sites (tertiary alicyclic amines) is 1. The number of rotatable bonds is 5. The van der Waals surface area contributed by atoms with Crippen LogP contribution in [-0.4, -0.2) is 42.9 Å². The van der Waals surface area contributed by atoms with E-state index in [9.17, 15) is 14.4 Å². The molecule has 29 heavy (non-hydrogen) atoms. The van der Waals surface area contributed by atoms with E-state index in [2.05, 4.69) is 5.32 Å². The van der Waals surface area contributed by atoms with Crippen LogP contribution in [0.5, 0.6) is 0 Å². The lowest BCUT2D eigenvalue weighted by molar-refractivity contribution is -0.146. The Labute approximate surface area is 170 Å². The monoisotopic (exact) mass is 394 g/mol. The summed E-state index contributed by atoms with van der Waals surface area (Å²) in [7, 11) is 1.37. The fraction of sp³-hybridized carbons (Fsp3) is 0.348. The molecule has 1 aliphatic rings. The van der Waals surface area contributed by atoms with Crippen molar-refractivity contribution in [1.29, 1.82) is 0 Å². The molecule has 1 atom stereocenters. The molecule has 0 aromatic heterocycles. The molecule has 0 unspecified atom stereocenters. The third-order valence-electron chi connectivity index (χ3n) is 5.17. The van der Waals surface area contributed by atoms with E-state index < -0.39 is 0 Å². The van der Waals surface area contributed by atoms with Gasteiger partial charge in [-0.3, -0.25) is 14.4 Å². The van der Waals surface area contributed by atoms with Crippen molar-refractivity contribution in [2.24, 2.45) is 5.92 Å². The van der Waals surface area contributed by atoms with Crippen molar-refractivity contribution >= 4 is 17.8 Å². The van der Waals surface area contributed by atoms with Crippen LogP contribution in [0, 0.1) is 12.8 Å². The summed E-state index contributed by atoms with van der Waals surface area (Å²) in [6, 6.07) is 14.6. The number of hydrogen-bond donors (Lipinski definition) is 1. The zero-order valence-corrected chi connectivity index (χ0v) is 16.8. The Morgan fingerprint density at radius 2 is 1.83 bits per heavy atom. The molecule has 152 valence electrons. The summed E-state index contributed by atoms with van der Waals surface area (Å²) in [6.45, 7) is 3.44. The van der Waals surface area contributed by atoms with E-state index in [4.69, 9.17) is 4.74 Å². The van der Waals surface area contributed by atoms with Gasteiger partial charge in [0, 0.05) is 30.8 Å². The molecule has 1 N–H and O–H groups in total. The number of benzene rings is 2. The predicted octanol–water partition coefficient (Wildman–Crippen LogP) is 2.95. The van der Waals surface area contributed by atoms with Crippen LogP contribution in [0.3, 0.4) is 0 Å². The number of piperidine rings is 1. The lowest BCUT2D eigenvalue weighted by atomic mass is 9.97. The number of aryl methyl sites for hydroxylation is 1. The van der Waals surface area contributed by atoms with E-state index >= 15 is 0 Å². The highest BCUT2D eigenvalue weighted by Gasteiger charge is 2.29. The van der Waals surface area contributed by atoms with E-state index in [0.717, 1.165) is 24.0 Å². The van der Waals surface area contributed by atoms with Gasteiger partial charge in [-0.1, -0.05) is 29.8 Å². The SMILES string of the molecule is COC(=O)[C@H]1CCCN(C(=O)c2ccc(C(=O)NCc3cccc(C)c3)cc2)C1. The van der Waals surface area contributed by atoms with Gasteiger partial charge in [0.05, 0.1) is 13.0 Å². The molecule has 0 saturated carbocycles. The van der Waals surface area contributed by atoms with Crippen molar-refractivity contribution in [3.8, 4) is 0 Å². The Bertz CT molecular complexity index is 892. The maximum absolute atomic E-state index is 12.8. The molecule has 1 saturated heterocycles. The minimum atomic E-state index is -0.275. The summed E-state index contributed by atoms with van der Waals surface area (Å²) >= 11 is 0. The van der Waals surface area contributed by atoms with Gasteiger partial charge in [-0.2, -0.15) is 0 Å². The maximum Gasteiger partial charge on any atom is 0.310 e. The van der Waals surface area contributed by atoms with Gasteiger partial charge in [0.1, 0.15) is 0 Å². The average Bonchev–Trinajstić information content (AvgIpc) is 2.76. The van der Waals surface area contributed by atoms with Gasteiger partial charge in [-0.25, -0.2) is 0 Å². The lowest BCUT2D eigenvalue weighted by Crippen LogP contribution is -2.42. The molecule has 0 radical (unpaired) electrons. The number of methoxy groups -OCH3 is 1. The molecule has 1 heterocycles. The number of amides is 2. The number of ether oxygens (including phenoxy) is 1. The van der Waals surface area contributed by atoms with Gasteiger partial charge in [0.2, 0.25) is 0 Å². The molecule has 0 spiro atoms. The van der Waals surface area contributed by atoms with Crippen molar-refractivity contribution < 1.29 is 19.1 Å². The van der Waals surface area contributed by atoms with Crippen LogP contribution in [0.15, 0.2) is 48.5 Å². The fourth-order valence-corrected chi connectivity index (χ4v) is 3.57. The van der Waals surface area contributed by atoms with Crippen LogP contribution >= 0.6 is 0 Å². The van der Waals surface area contributed by atoms with E-state index in [1.54, 1.807) is 29.2 Å². The molecular weight excluding hydrogens is 368 g/mol. The normalized spacial score (nSPS) is 16.2. The van der Waals surface area contributed by atoms with Gasteiger partial charge in [0.15, 0.2) is 0 Å². The standard InChI is InChI=1S/C23H26N2O4/c1-16-5-3-6-17(13-16)14-24-21(26)18-8-10-19(11-9-18)22(27)25-12-4-7-20(15-25)23(28)29-2/h3,5-6,8-11,13,20H,4,7,12,14-15H2,1-2H3,(H,24,26)/t20-/m0/s1. The average molecular weight is 394 g/mol. The molecule has 6 nitrogen and oxygen atoms in total.